The Bertz CT molecular complexity index is 736. The Hall–Kier alpha value is -2.74. The number of rotatable bonds is 3. The van der Waals surface area contributed by atoms with Crippen LogP contribution in [0.15, 0.2) is 35.8 Å². The molecule has 0 saturated heterocycles. The molecular weight excluding hydrogens is 276 g/mol. The van der Waals surface area contributed by atoms with Gasteiger partial charge in [0.1, 0.15) is 0 Å². The number of carbonyl (C=O) groups excluding carboxylic acids is 1. The molecule has 0 fully saturated rings. The lowest BCUT2D eigenvalue weighted by atomic mass is 10.1. The number of nitrogens with one attached hydrogen (secondary N) is 2. The number of nitrogens with two attached hydrogens (primary N) is 1. The number of hydrogen-bond donors (Lipinski definition) is 3. The van der Waals surface area contributed by atoms with Gasteiger partial charge in [-0.3, -0.25) is 10.1 Å². The van der Waals surface area contributed by atoms with Gasteiger partial charge >= 0.3 is 0 Å². The van der Waals surface area contributed by atoms with Gasteiger partial charge in [0.2, 0.25) is 0 Å². The number of thiazole rings is 1. The third-order valence-electron chi connectivity index (χ3n) is 2.55. The van der Waals surface area contributed by atoms with Gasteiger partial charge in [-0.25, -0.2) is 4.98 Å². The Morgan fingerprint density at radius 1 is 1.40 bits per heavy atom. The highest BCUT2D eigenvalue weighted by molar-refractivity contribution is 7.14. The van der Waals surface area contributed by atoms with Crippen LogP contribution >= 0.6 is 11.3 Å². The summed E-state index contributed by atoms with van der Waals surface area (Å²) in [6.45, 7) is 0. The van der Waals surface area contributed by atoms with Crippen molar-refractivity contribution in [2.75, 3.05) is 11.1 Å². The Balaban J connectivity index is 1.79. The maximum absolute atomic E-state index is 11.8. The van der Waals surface area contributed by atoms with Gasteiger partial charge in [0.25, 0.3) is 5.91 Å². The lowest BCUT2D eigenvalue weighted by Gasteiger charge is -1.98. The zero-order valence-electron chi connectivity index (χ0n) is 10.2. The maximum Gasteiger partial charge on any atom is 0.279 e. The summed E-state index contributed by atoms with van der Waals surface area (Å²) in [6.07, 6.45) is 1.35. The summed E-state index contributed by atoms with van der Waals surface area (Å²) in [5.41, 5.74) is 8.29. The van der Waals surface area contributed by atoms with Crippen molar-refractivity contribution in [1.29, 1.82) is 0 Å². The molecule has 0 saturated carbocycles. The first-order chi connectivity index (χ1) is 9.72. The minimum absolute atomic E-state index is 0.214. The summed E-state index contributed by atoms with van der Waals surface area (Å²) in [5, 5.41) is 14.7. The fraction of sp³-hybridized carbons (Fsp3) is 0. The molecule has 7 nitrogen and oxygen atoms in total. The van der Waals surface area contributed by atoms with E-state index in [9.17, 15) is 4.79 Å². The molecular formula is C12H10N6OS. The molecule has 100 valence electrons. The van der Waals surface area contributed by atoms with E-state index < -0.39 is 0 Å². The summed E-state index contributed by atoms with van der Waals surface area (Å²) in [7, 11) is 0. The number of hydrogen-bond acceptors (Lipinski definition) is 6. The Morgan fingerprint density at radius 2 is 2.30 bits per heavy atom. The van der Waals surface area contributed by atoms with Crippen molar-refractivity contribution in [3.8, 4) is 11.3 Å². The second kappa shape index (κ2) is 5.10. The number of carbonyl (C=O) groups is 1. The largest absolute Gasteiger partial charge is 0.399 e. The van der Waals surface area contributed by atoms with Crippen molar-refractivity contribution in [2.24, 2.45) is 0 Å². The van der Waals surface area contributed by atoms with E-state index in [1.807, 2.05) is 29.6 Å². The molecule has 0 aliphatic rings. The van der Waals surface area contributed by atoms with Crippen molar-refractivity contribution >= 4 is 28.1 Å². The van der Waals surface area contributed by atoms with Crippen LogP contribution in [0.1, 0.15) is 10.5 Å². The van der Waals surface area contributed by atoms with Gasteiger partial charge in [-0.15, -0.1) is 11.3 Å². The van der Waals surface area contributed by atoms with Crippen LogP contribution in [0.3, 0.4) is 0 Å². The minimum Gasteiger partial charge on any atom is -0.399 e. The number of aromatic amines is 1. The first-order valence-electron chi connectivity index (χ1n) is 5.71. The highest BCUT2D eigenvalue weighted by Gasteiger charge is 2.12. The summed E-state index contributed by atoms with van der Waals surface area (Å²) in [5.74, 6) is -0.354. The molecule has 3 aromatic rings. The first-order valence-corrected chi connectivity index (χ1v) is 6.59. The molecule has 0 unspecified atom stereocenters. The molecule has 0 bridgehead atoms. The van der Waals surface area contributed by atoms with Crippen LogP contribution in [-0.2, 0) is 0 Å². The number of nitrogens with zero attached hydrogens (tertiary/aromatic N) is 3. The maximum atomic E-state index is 11.8. The molecule has 8 heteroatoms. The zero-order chi connectivity index (χ0) is 13.9. The second-order valence-electron chi connectivity index (χ2n) is 3.97. The molecule has 0 aliphatic heterocycles. The lowest BCUT2D eigenvalue weighted by molar-refractivity contribution is 0.102. The van der Waals surface area contributed by atoms with Crippen LogP contribution in [0.2, 0.25) is 0 Å². The number of aromatic nitrogens is 4. The Kier molecular flexibility index (Phi) is 3.13. The smallest absolute Gasteiger partial charge is 0.279 e. The van der Waals surface area contributed by atoms with Crippen molar-refractivity contribution in [3.63, 3.8) is 0 Å². The summed E-state index contributed by atoms with van der Waals surface area (Å²) in [6, 6.07) is 7.41. The van der Waals surface area contributed by atoms with Crippen molar-refractivity contribution in [2.45, 2.75) is 0 Å². The number of nitrogen functional groups attached to an aromatic ring is 1. The van der Waals surface area contributed by atoms with Crippen molar-refractivity contribution in [1.82, 2.24) is 20.4 Å². The van der Waals surface area contributed by atoms with Crippen LogP contribution < -0.4 is 11.1 Å². The fourth-order valence-electron chi connectivity index (χ4n) is 1.63. The van der Waals surface area contributed by atoms with E-state index in [2.05, 4.69) is 25.7 Å². The highest BCUT2D eigenvalue weighted by atomic mass is 32.1. The third-order valence-corrected chi connectivity index (χ3v) is 3.31. The van der Waals surface area contributed by atoms with Gasteiger partial charge in [-0.1, -0.05) is 12.1 Å². The SMILES string of the molecule is Nc1cccc(-c2csc(NC(=O)c3cn[nH]n3)n2)c1. The standard InChI is InChI=1S/C12H10N6OS/c13-8-3-1-2-7(4-8)10-6-20-12(15-10)16-11(19)9-5-14-18-17-9/h1-6H,13H2,(H,14,17,18)(H,15,16,19). The van der Waals surface area contributed by atoms with E-state index in [1.54, 1.807) is 0 Å². The molecule has 2 heterocycles. The molecule has 2 aromatic heterocycles. The van der Waals surface area contributed by atoms with E-state index in [0.717, 1.165) is 11.3 Å². The number of H-pyrrole nitrogens is 1. The van der Waals surface area contributed by atoms with Gasteiger partial charge < -0.3 is 5.73 Å². The number of amides is 1. The zero-order valence-corrected chi connectivity index (χ0v) is 11.0. The molecule has 1 aromatic carbocycles. The van der Waals surface area contributed by atoms with E-state index in [-0.39, 0.29) is 11.6 Å². The van der Waals surface area contributed by atoms with Gasteiger partial charge in [-0.2, -0.15) is 15.4 Å². The quantitative estimate of drug-likeness (QED) is 0.635. The monoisotopic (exact) mass is 286 g/mol. The molecule has 20 heavy (non-hydrogen) atoms. The predicted molar refractivity (Wildman–Crippen MR) is 76.3 cm³/mol. The lowest BCUT2D eigenvalue weighted by Crippen LogP contribution is -2.12. The van der Waals surface area contributed by atoms with Gasteiger partial charge in [0.05, 0.1) is 11.9 Å². The minimum atomic E-state index is -0.354. The van der Waals surface area contributed by atoms with Gasteiger partial charge in [0.15, 0.2) is 10.8 Å². The number of anilines is 2. The van der Waals surface area contributed by atoms with E-state index >= 15 is 0 Å². The fourth-order valence-corrected chi connectivity index (χ4v) is 2.35. The van der Waals surface area contributed by atoms with E-state index in [1.165, 1.54) is 17.5 Å². The average Bonchev–Trinajstić information content (AvgIpc) is 3.10. The van der Waals surface area contributed by atoms with Crippen LogP contribution in [0, 0.1) is 0 Å². The van der Waals surface area contributed by atoms with Crippen molar-refractivity contribution in [3.05, 3.63) is 41.5 Å². The molecule has 3 rings (SSSR count). The molecule has 0 aliphatic carbocycles. The Morgan fingerprint density at radius 3 is 3.05 bits per heavy atom. The van der Waals surface area contributed by atoms with Gasteiger partial charge in [0, 0.05) is 16.6 Å². The van der Waals surface area contributed by atoms with Crippen LogP contribution in [0.5, 0.6) is 0 Å². The second-order valence-corrected chi connectivity index (χ2v) is 4.83. The van der Waals surface area contributed by atoms with Crippen LogP contribution in [-0.4, -0.2) is 26.3 Å². The van der Waals surface area contributed by atoms with Gasteiger partial charge in [-0.05, 0) is 12.1 Å². The molecule has 0 spiro atoms. The average molecular weight is 286 g/mol. The van der Waals surface area contributed by atoms with E-state index in [4.69, 9.17) is 5.73 Å². The molecule has 0 atom stereocenters. The number of benzene rings is 1. The molecule has 1 amide bonds. The predicted octanol–water partition coefficient (Wildman–Crippen LogP) is 1.76. The van der Waals surface area contributed by atoms with E-state index in [0.29, 0.717) is 10.8 Å². The highest BCUT2D eigenvalue weighted by Crippen LogP contribution is 2.26. The summed E-state index contributed by atoms with van der Waals surface area (Å²) >= 11 is 1.33. The normalized spacial score (nSPS) is 10.4. The third kappa shape index (κ3) is 2.50. The van der Waals surface area contributed by atoms with Crippen molar-refractivity contribution < 1.29 is 4.79 Å². The molecule has 0 radical (unpaired) electrons. The molecule has 4 N–H and O–H groups in total. The first kappa shape index (κ1) is 12.3. The summed E-state index contributed by atoms with van der Waals surface area (Å²) < 4.78 is 0. The Labute approximate surface area is 117 Å². The van der Waals surface area contributed by atoms with Crippen LogP contribution in [0.25, 0.3) is 11.3 Å². The summed E-state index contributed by atoms with van der Waals surface area (Å²) in [4.78, 5) is 16.1. The van der Waals surface area contributed by atoms with Crippen LogP contribution in [0.4, 0.5) is 10.8 Å². The topological polar surface area (TPSA) is 110 Å².